The van der Waals surface area contributed by atoms with E-state index in [9.17, 15) is 0 Å². The lowest BCUT2D eigenvalue weighted by atomic mass is 9.95. The molecule has 0 atom stereocenters. The highest BCUT2D eigenvalue weighted by atomic mass is 15.1. The van der Waals surface area contributed by atoms with Crippen molar-refractivity contribution >= 4 is 0 Å². The Balaban J connectivity index is 0.000000671. The Labute approximate surface area is 148 Å². The normalized spacial score (nSPS) is 14.9. The molecular formula is C21H33N3. The molecule has 0 aliphatic carbocycles. The van der Waals surface area contributed by atoms with Gasteiger partial charge in [-0.25, -0.2) is 9.97 Å². The molecule has 0 unspecified atom stereocenters. The average molecular weight is 328 g/mol. The smallest absolute Gasteiger partial charge is 0.131 e. The Bertz CT molecular complexity index is 529. The predicted octanol–water partition coefficient (Wildman–Crippen LogP) is 5.22. The van der Waals surface area contributed by atoms with Crippen molar-refractivity contribution in [2.24, 2.45) is 0 Å². The van der Waals surface area contributed by atoms with E-state index in [0.717, 1.165) is 43.9 Å². The van der Waals surface area contributed by atoms with Crippen LogP contribution in [-0.4, -0.2) is 28.0 Å². The van der Waals surface area contributed by atoms with Crippen molar-refractivity contribution in [1.29, 1.82) is 0 Å². The van der Waals surface area contributed by atoms with Gasteiger partial charge in [-0.05, 0) is 44.0 Å². The second kappa shape index (κ2) is 11.7. The summed E-state index contributed by atoms with van der Waals surface area (Å²) in [5.41, 5.74) is 2.53. The van der Waals surface area contributed by atoms with Gasteiger partial charge in [0.1, 0.15) is 5.82 Å². The minimum Gasteiger partial charge on any atom is -0.299 e. The van der Waals surface area contributed by atoms with Crippen molar-refractivity contribution in [3.05, 3.63) is 59.7 Å². The van der Waals surface area contributed by atoms with E-state index in [4.69, 9.17) is 0 Å². The summed E-state index contributed by atoms with van der Waals surface area (Å²) in [6, 6.07) is 10.7. The maximum Gasteiger partial charge on any atom is 0.131 e. The zero-order chi connectivity index (χ0) is 17.8. The first-order chi connectivity index (χ1) is 11.8. The van der Waals surface area contributed by atoms with Crippen LogP contribution in [0, 0.1) is 6.92 Å². The van der Waals surface area contributed by atoms with Crippen LogP contribution in [0.2, 0.25) is 0 Å². The first kappa shape index (κ1) is 20.3. The van der Waals surface area contributed by atoms with Crippen LogP contribution >= 0.6 is 0 Å². The van der Waals surface area contributed by atoms with Crippen LogP contribution in [0.25, 0.3) is 0 Å². The fraction of sp³-hybridized carbons (Fsp3) is 0.524. The van der Waals surface area contributed by atoms with Gasteiger partial charge in [0.25, 0.3) is 0 Å². The van der Waals surface area contributed by atoms with Gasteiger partial charge in [0.05, 0.1) is 0 Å². The van der Waals surface area contributed by atoms with E-state index in [1.54, 1.807) is 0 Å². The molecule has 0 spiro atoms. The SMILES string of the molecule is CC.CC.Cc1cnc(C2CCN(Cc3ccccc3)CC2)nc1. The summed E-state index contributed by atoms with van der Waals surface area (Å²) >= 11 is 0. The zero-order valence-corrected chi connectivity index (χ0v) is 16.0. The van der Waals surface area contributed by atoms with Gasteiger partial charge in [-0.3, -0.25) is 4.90 Å². The van der Waals surface area contributed by atoms with Crippen molar-refractivity contribution in [3.63, 3.8) is 0 Å². The van der Waals surface area contributed by atoms with Gasteiger partial charge in [0.15, 0.2) is 0 Å². The van der Waals surface area contributed by atoms with Crippen molar-refractivity contribution in [2.75, 3.05) is 13.1 Å². The largest absolute Gasteiger partial charge is 0.299 e. The fourth-order valence-electron chi connectivity index (χ4n) is 2.80. The third-order valence-electron chi connectivity index (χ3n) is 4.00. The number of likely N-dealkylation sites (tertiary alicyclic amines) is 1. The Hall–Kier alpha value is -1.74. The second-order valence-corrected chi connectivity index (χ2v) is 5.65. The van der Waals surface area contributed by atoms with Gasteiger partial charge in [0.2, 0.25) is 0 Å². The number of hydrogen-bond donors (Lipinski definition) is 0. The molecule has 132 valence electrons. The zero-order valence-electron chi connectivity index (χ0n) is 16.0. The van der Waals surface area contributed by atoms with Crippen molar-refractivity contribution in [1.82, 2.24) is 14.9 Å². The predicted molar refractivity (Wildman–Crippen MR) is 103 cm³/mol. The number of benzene rings is 1. The molecule has 1 aromatic carbocycles. The molecule has 0 bridgehead atoms. The third kappa shape index (κ3) is 6.40. The molecule has 0 radical (unpaired) electrons. The Morgan fingerprint density at radius 1 is 0.917 bits per heavy atom. The summed E-state index contributed by atoms with van der Waals surface area (Å²) < 4.78 is 0. The topological polar surface area (TPSA) is 29.0 Å². The number of aryl methyl sites for hydroxylation is 1. The van der Waals surface area contributed by atoms with E-state index in [2.05, 4.69) is 45.2 Å². The van der Waals surface area contributed by atoms with Crippen LogP contribution in [0.1, 0.15) is 63.4 Å². The van der Waals surface area contributed by atoms with E-state index in [0.29, 0.717) is 5.92 Å². The standard InChI is InChI=1S/C17H21N3.2C2H6/c1-14-11-18-17(19-12-14)16-7-9-20(10-8-16)13-15-5-3-2-4-6-15;2*1-2/h2-6,11-12,16H,7-10,13H2,1H3;2*1-2H3. The number of nitrogens with zero attached hydrogens (tertiary/aromatic N) is 3. The summed E-state index contributed by atoms with van der Waals surface area (Å²) in [7, 11) is 0. The van der Waals surface area contributed by atoms with Crippen LogP contribution < -0.4 is 0 Å². The molecule has 1 aromatic heterocycles. The fourth-order valence-corrected chi connectivity index (χ4v) is 2.80. The third-order valence-corrected chi connectivity index (χ3v) is 4.00. The molecule has 1 aliphatic heterocycles. The molecule has 24 heavy (non-hydrogen) atoms. The minimum absolute atomic E-state index is 0.530. The first-order valence-electron chi connectivity index (χ1n) is 9.36. The van der Waals surface area contributed by atoms with E-state index >= 15 is 0 Å². The Kier molecular flexibility index (Phi) is 9.94. The number of aromatic nitrogens is 2. The molecule has 1 saturated heterocycles. The monoisotopic (exact) mass is 327 g/mol. The van der Waals surface area contributed by atoms with E-state index < -0.39 is 0 Å². The molecule has 2 heterocycles. The van der Waals surface area contributed by atoms with Gasteiger partial charge in [-0.2, -0.15) is 0 Å². The molecule has 0 saturated carbocycles. The highest BCUT2D eigenvalue weighted by molar-refractivity contribution is 5.14. The van der Waals surface area contributed by atoms with Crippen molar-refractivity contribution < 1.29 is 0 Å². The quantitative estimate of drug-likeness (QED) is 0.774. The van der Waals surface area contributed by atoms with Crippen molar-refractivity contribution in [2.45, 2.75) is 59.9 Å². The van der Waals surface area contributed by atoms with E-state index in [-0.39, 0.29) is 0 Å². The molecule has 3 rings (SSSR count). The lowest BCUT2D eigenvalue weighted by molar-refractivity contribution is 0.201. The van der Waals surface area contributed by atoms with Gasteiger partial charge < -0.3 is 0 Å². The summed E-state index contributed by atoms with van der Waals surface area (Å²) in [5, 5.41) is 0. The summed E-state index contributed by atoms with van der Waals surface area (Å²) in [5.74, 6) is 1.55. The van der Waals surface area contributed by atoms with Crippen LogP contribution in [0.15, 0.2) is 42.7 Å². The second-order valence-electron chi connectivity index (χ2n) is 5.65. The molecule has 3 heteroatoms. The lowest BCUT2D eigenvalue weighted by Gasteiger charge is -2.31. The van der Waals surface area contributed by atoms with Crippen LogP contribution in [0.4, 0.5) is 0 Å². The summed E-state index contributed by atoms with van der Waals surface area (Å²) in [6.45, 7) is 13.4. The molecule has 1 fully saturated rings. The molecule has 0 N–H and O–H groups in total. The van der Waals surface area contributed by atoms with Crippen molar-refractivity contribution in [3.8, 4) is 0 Å². The van der Waals surface area contributed by atoms with Crippen LogP contribution in [0.3, 0.4) is 0 Å². The highest BCUT2D eigenvalue weighted by Gasteiger charge is 2.22. The van der Waals surface area contributed by atoms with Crippen LogP contribution in [0.5, 0.6) is 0 Å². The van der Waals surface area contributed by atoms with Gasteiger partial charge in [-0.15, -0.1) is 0 Å². The van der Waals surface area contributed by atoms with Crippen LogP contribution in [-0.2, 0) is 6.54 Å². The highest BCUT2D eigenvalue weighted by Crippen LogP contribution is 2.26. The molecule has 0 amide bonds. The van der Waals surface area contributed by atoms with E-state index in [1.165, 1.54) is 5.56 Å². The van der Waals surface area contributed by atoms with Gasteiger partial charge in [0, 0.05) is 24.9 Å². The van der Waals surface area contributed by atoms with Gasteiger partial charge >= 0.3 is 0 Å². The molecular weight excluding hydrogens is 294 g/mol. The molecule has 2 aromatic rings. The number of hydrogen-bond acceptors (Lipinski definition) is 3. The summed E-state index contributed by atoms with van der Waals surface area (Å²) in [6.07, 6.45) is 6.18. The first-order valence-corrected chi connectivity index (χ1v) is 9.36. The summed E-state index contributed by atoms with van der Waals surface area (Å²) in [4.78, 5) is 11.5. The molecule has 1 aliphatic rings. The minimum atomic E-state index is 0.530. The lowest BCUT2D eigenvalue weighted by Crippen LogP contribution is -2.32. The van der Waals surface area contributed by atoms with Gasteiger partial charge in [-0.1, -0.05) is 58.0 Å². The average Bonchev–Trinajstić information content (AvgIpc) is 2.67. The molecule has 3 nitrogen and oxygen atoms in total. The number of rotatable bonds is 3. The Morgan fingerprint density at radius 3 is 2.00 bits per heavy atom. The maximum atomic E-state index is 4.48. The van der Waals surface area contributed by atoms with E-state index in [1.807, 2.05) is 47.0 Å². The number of piperidine rings is 1. The Morgan fingerprint density at radius 2 is 1.46 bits per heavy atom. The maximum absolute atomic E-state index is 4.48.